The van der Waals surface area contributed by atoms with Gasteiger partial charge in [0.1, 0.15) is 12.2 Å². The van der Waals surface area contributed by atoms with Gasteiger partial charge in [-0.05, 0) is 160 Å². The number of alkyl halides is 2. The lowest BCUT2D eigenvalue weighted by Crippen LogP contribution is -2.53. The Morgan fingerprint density at radius 2 is 1.64 bits per heavy atom. The van der Waals surface area contributed by atoms with Gasteiger partial charge in [0.25, 0.3) is 6.43 Å². The number of anilines is 4. The maximum atomic E-state index is 14.8. The molecule has 8 aliphatic rings. The van der Waals surface area contributed by atoms with Gasteiger partial charge in [0, 0.05) is 113 Å². The highest BCUT2D eigenvalue weighted by molar-refractivity contribution is 6.32. The molecule has 1 N–H and O–H groups in total. The van der Waals surface area contributed by atoms with Gasteiger partial charge in [0.15, 0.2) is 11.6 Å². The summed E-state index contributed by atoms with van der Waals surface area (Å²) < 4.78 is 38.4. The number of rotatable bonds is 9. The minimum atomic E-state index is -2.61. The number of carbonyl (C=O) groups is 1. The second-order valence-electron chi connectivity index (χ2n) is 22.4. The predicted molar refractivity (Wildman–Crippen MR) is 275 cm³/mol. The van der Waals surface area contributed by atoms with Crippen LogP contribution in [-0.2, 0) is 24.2 Å². The van der Waals surface area contributed by atoms with E-state index in [1.807, 2.05) is 53.5 Å². The molecular formula is C55H67ClF2N12O2. The molecule has 380 valence electrons. The van der Waals surface area contributed by atoms with Crippen LogP contribution in [0.5, 0.6) is 5.88 Å². The van der Waals surface area contributed by atoms with Crippen LogP contribution in [0.25, 0.3) is 5.57 Å². The van der Waals surface area contributed by atoms with E-state index in [9.17, 15) is 18.8 Å². The number of likely N-dealkylation sites (tertiary alicyclic amines) is 1. The van der Waals surface area contributed by atoms with Crippen molar-refractivity contribution in [2.75, 3.05) is 80.7 Å². The molecule has 0 unspecified atom stereocenters. The molecule has 0 radical (unpaired) electrons. The molecule has 5 fully saturated rings. The molecule has 72 heavy (non-hydrogen) atoms. The van der Waals surface area contributed by atoms with Gasteiger partial charge in [-0.1, -0.05) is 11.6 Å². The van der Waals surface area contributed by atoms with Gasteiger partial charge in [-0.15, -0.1) is 10.2 Å². The van der Waals surface area contributed by atoms with Gasteiger partial charge >= 0.3 is 0 Å². The van der Waals surface area contributed by atoms with Crippen LogP contribution in [0.3, 0.4) is 0 Å². The molecule has 3 saturated heterocycles. The lowest BCUT2D eigenvalue weighted by molar-refractivity contribution is -0.129. The molecule has 2 aromatic carbocycles. The predicted octanol–water partition coefficient (Wildman–Crippen LogP) is 9.22. The number of amides is 1. The smallest absolute Gasteiger partial charge is 0.264 e. The van der Waals surface area contributed by atoms with E-state index in [0.717, 1.165) is 156 Å². The highest BCUT2D eigenvalue weighted by Gasteiger charge is 2.48. The quantitative estimate of drug-likeness (QED) is 0.172. The highest BCUT2D eigenvalue weighted by Crippen LogP contribution is 2.52. The number of benzene rings is 2. The van der Waals surface area contributed by atoms with E-state index in [4.69, 9.17) is 21.4 Å². The second-order valence-corrected chi connectivity index (χ2v) is 22.8. The summed E-state index contributed by atoms with van der Waals surface area (Å²) in [5, 5.41) is 26.2. The first-order valence-corrected chi connectivity index (χ1v) is 27.0. The van der Waals surface area contributed by atoms with Crippen molar-refractivity contribution >= 4 is 46.1 Å². The number of hydrogen-bond acceptors (Lipinski definition) is 12. The van der Waals surface area contributed by atoms with Crippen molar-refractivity contribution in [3.63, 3.8) is 0 Å². The fourth-order valence-corrected chi connectivity index (χ4v) is 14.2. The minimum Gasteiger partial charge on any atom is -0.473 e. The third-order valence-electron chi connectivity index (χ3n) is 18.2. The zero-order valence-corrected chi connectivity index (χ0v) is 42.5. The summed E-state index contributed by atoms with van der Waals surface area (Å²) in [5.74, 6) is 2.42. The Balaban J connectivity index is 0.634. The fourth-order valence-electron chi connectivity index (χ4n) is 14.0. The molecule has 8 heterocycles. The number of hydrogen-bond donors (Lipinski definition) is 1. The van der Waals surface area contributed by atoms with E-state index in [-0.39, 0.29) is 29.0 Å². The summed E-state index contributed by atoms with van der Waals surface area (Å²) in [4.78, 5) is 24.4. The average Bonchev–Trinajstić information content (AvgIpc) is 4.13. The minimum absolute atomic E-state index is 0.0499. The van der Waals surface area contributed by atoms with Crippen LogP contribution in [0, 0.1) is 22.2 Å². The third-order valence-corrected chi connectivity index (χ3v) is 18.5. The molecule has 6 aliphatic heterocycles. The number of aryl methyl sites for hydroxylation is 1. The van der Waals surface area contributed by atoms with E-state index in [1.165, 1.54) is 18.5 Å². The molecule has 2 spiro atoms. The number of piperidine rings is 2. The number of halogens is 3. The van der Waals surface area contributed by atoms with Crippen LogP contribution in [0.2, 0.25) is 5.02 Å². The molecule has 2 aromatic heterocycles. The van der Waals surface area contributed by atoms with E-state index >= 15 is 0 Å². The molecule has 0 atom stereocenters. The second kappa shape index (κ2) is 19.1. The maximum Gasteiger partial charge on any atom is 0.264 e. The van der Waals surface area contributed by atoms with Crippen LogP contribution in [0.1, 0.15) is 130 Å². The van der Waals surface area contributed by atoms with Crippen molar-refractivity contribution in [1.82, 2.24) is 40.2 Å². The zero-order chi connectivity index (χ0) is 49.3. The van der Waals surface area contributed by atoms with Gasteiger partial charge in [-0.25, -0.2) is 14.2 Å². The number of nitrogens with one attached hydrogen (secondary N) is 1. The summed E-state index contributed by atoms with van der Waals surface area (Å²) >= 11 is 6.37. The molecule has 12 rings (SSSR count). The van der Waals surface area contributed by atoms with Gasteiger partial charge < -0.3 is 34.2 Å². The average molecular weight is 1000 g/mol. The van der Waals surface area contributed by atoms with E-state index in [1.54, 1.807) is 13.0 Å². The molecule has 0 bridgehead atoms. The number of hydrazine groups is 1. The van der Waals surface area contributed by atoms with Gasteiger partial charge in [-0.2, -0.15) is 10.4 Å². The summed E-state index contributed by atoms with van der Waals surface area (Å²) in [5.41, 5.74) is 11.2. The summed E-state index contributed by atoms with van der Waals surface area (Å²) in [7, 11) is 1.89. The van der Waals surface area contributed by atoms with Crippen LogP contribution in [-0.4, -0.2) is 119 Å². The van der Waals surface area contributed by atoms with Gasteiger partial charge in [0.05, 0.1) is 23.2 Å². The van der Waals surface area contributed by atoms with Crippen molar-refractivity contribution in [3.05, 3.63) is 87.2 Å². The first-order chi connectivity index (χ1) is 34.9. The van der Waals surface area contributed by atoms with Crippen LogP contribution in [0.15, 0.2) is 48.7 Å². The standard InChI is InChI=1S/C55H67ClF2N12O2/c1-36(71)67-20-13-48-46(34-67)53(69-19-3-4-37-26-44(39-32-60-64(2)33-39)45(52(57)58)28-49(37)69)63-70(48)41-9-7-40(8-10-41)65-21-17-55(18-22-65)29-43(30-55)72-51-12-11-50(61-62-51)66-23-14-54(15-24-66)16-25-68(35-54)42-6-5-38(31-59)47(56)27-42/h5-6,11-12,26-28,33,40-41,43,52,60H,3-4,7-10,13-25,29-30,32,34-35H2,1-2H3. The zero-order valence-electron chi connectivity index (χ0n) is 41.8. The first kappa shape index (κ1) is 47.5. The Morgan fingerprint density at radius 1 is 0.889 bits per heavy atom. The number of ether oxygens (including phenoxy) is 1. The summed E-state index contributed by atoms with van der Waals surface area (Å²) in [6.07, 6.45) is 14.2. The highest BCUT2D eigenvalue weighted by atomic mass is 35.5. The normalized spacial score (nSPS) is 24.1. The van der Waals surface area contributed by atoms with Crippen molar-refractivity contribution in [3.8, 4) is 11.9 Å². The Morgan fingerprint density at radius 3 is 2.32 bits per heavy atom. The van der Waals surface area contributed by atoms with E-state index < -0.39 is 6.43 Å². The summed E-state index contributed by atoms with van der Waals surface area (Å²) in [6.45, 7) is 10.2. The van der Waals surface area contributed by atoms with Crippen molar-refractivity contribution in [2.45, 2.75) is 128 Å². The van der Waals surface area contributed by atoms with E-state index in [2.05, 4.69) is 52.0 Å². The molecule has 17 heteroatoms. The van der Waals surface area contributed by atoms with Gasteiger partial charge in [-0.3, -0.25) is 9.48 Å². The van der Waals surface area contributed by atoms with Crippen LogP contribution in [0.4, 0.5) is 31.8 Å². The van der Waals surface area contributed by atoms with Crippen molar-refractivity contribution < 1.29 is 18.3 Å². The largest absolute Gasteiger partial charge is 0.473 e. The summed E-state index contributed by atoms with van der Waals surface area (Å²) in [6, 6.07) is 16.6. The number of nitrogens with zero attached hydrogens (tertiary/aromatic N) is 11. The lowest BCUT2D eigenvalue weighted by Gasteiger charge is -2.53. The third kappa shape index (κ3) is 8.95. The van der Waals surface area contributed by atoms with Crippen LogP contribution < -0.4 is 24.9 Å². The Kier molecular flexibility index (Phi) is 12.6. The van der Waals surface area contributed by atoms with Crippen LogP contribution >= 0.6 is 11.6 Å². The SMILES string of the molecule is CC(=O)N1CCc2c(c(N3CCCc4cc(C5=CN(C)NC5)c(C(F)F)cc43)nn2C2CCC(N3CCC4(CC3)CC(Oc3ccc(N5CCC6(CCN(c7ccc(C#N)c(Cl)c7)C6)CC5)nn3)C4)CC2)C1. The first-order valence-electron chi connectivity index (χ1n) is 26.6. The molecule has 1 amide bonds. The molecular weight excluding hydrogens is 934 g/mol. The monoisotopic (exact) mass is 1000 g/mol. The maximum absolute atomic E-state index is 14.8. The van der Waals surface area contributed by atoms with Crippen molar-refractivity contribution in [2.24, 2.45) is 10.8 Å². The lowest BCUT2D eigenvalue weighted by atomic mass is 9.61. The number of fused-ring (bicyclic) bond motifs is 2. The molecule has 4 aromatic rings. The Bertz CT molecular complexity index is 2760. The number of nitriles is 1. The Labute approximate surface area is 426 Å². The Hall–Kier alpha value is -5.50. The molecule has 14 nitrogen and oxygen atoms in total. The number of carbonyl (C=O) groups excluding carboxylic acids is 1. The number of aromatic nitrogens is 4. The van der Waals surface area contributed by atoms with Crippen molar-refractivity contribution in [1.29, 1.82) is 5.26 Å². The molecule has 2 saturated carbocycles. The topological polar surface area (TPSA) is 125 Å². The van der Waals surface area contributed by atoms with Gasteiger partial charge in [0.2, 0.25) is 11.8 Å². The molecule has 2 aliphatic carbocycles. The van der Waals surface area contributed by atoms with E-state index in [0.29, 0.717) is 59.7 Å². The fraction of sp³-hybridized carbons (Fsp3) is 0.582.